The largest absolute Gasteiger partial charge is 0.464 e. The number of methoxy groups -OCH3 is 1. The van der Waals surface area contributed by atoms with Crippen LogP contribution in [-0.2, 0) is 17.7 Å². The van der Waals surface area contributed by atoms with Gasteiger partial charge in [0.1, 0.15) is 5.69 Å². The summed E-state index contributed by atoms with van der Waals surface area (Å²) in [4.78, 5) is 25.1. The molecule has 0 amide bonds. The van der Waals surface area contributed by atoms with E-state index in [2.05, 4.69) is 36.2 Å². The topological polar surface area (TPSA) is 77.0 Å². The Morgan fingerprint density at radius 1 is 1.38 bits per heavy atom. The molecule has 0 spiro atoms. The Morgan fingerprint density at radius 2 is 2.24 bits per heavy atom. The van der Waals surface area contributed by atoms with Crippen LogP contribution >= 0.6 is 15.9 Å². The average molecular weight is 349 g/mol. The molecule has 0 atom stereocenters. The Labute approximate surface area is 130 Å². The van der Waals surface area contributed by atoms with Gasteiger partial charge in [0.15, 0.2) is 11.5 Å². The zero-order chi connectivity index (χ0) is 14.8. The average Bonchev–Trinajstić information content (AvgIpc) is 2.53. The first kappa shape index (κ1) is 14.1. The maximum atomic E-state index is 12.0. The maximum absolute atomic E-state index is 12.0. The summed E-state index contributed by atoms with van der Waals surface area (Å²) in [6.07, 6.45) is 2.39. The van der Waals surface area contributed by atoms with Gasteiger partial charge in [-0.05, 0) is 41.0 Å². The molecule has 108 valence electrons. The second-order valence-corrected chi connectivity index (χ2v) is 5.52. The van der Waals surface area contributed by atoms with E-state index in [-0.39, 0.29) is 0 Å². The van der Waals surface area contributed by atoms with Gasteiger partial charge >= 0.3 is 5.97 Å². The highest BCUT2D eigenvalue weighted by atomic mass is 79.9. The van der Waals surface area contributed by atoms with E-state index in [0.29, 0.717) is 30.2 Å². The van der Waals surface area contributed by atoms with E-state index >= 15 is 0 Å². The molecule has 0 saturated heterocycles. The minimum atomic E-state index is -0.436. The van der Waals surface area contributed by atoms with Crippen LogP contribution in [0.15, 0.2) is 22.8 Å². The molecule has 0 aliphatic carbocycles. The molecule has 0 bridgehead atoms. The highest BCUT2D eigenvalue weighted by molar-refractivity contribution is 9.10. The van der Waals surface area contributed by atoms with Crippen LogP contribution < -0.4 is 5.32 Å². The summed E-state index contributed by atoms with van der Waals surface area (Å²) in [5, 5.41) is 3.24. The van der Waals surface area contributed by atoms with Crippen molar-refractivity contribution in [3.05, 3.63) is 39.8 Å². The van der Waals surface area contributed by atoms with Crippen LogP contribution in [0.3, 0.4) is 0 Å². The molecule has 0 radical (unpaired) electrons. The Kier molecular flexibility index (Phi) is 3.94. The van der Waals surface area contributed by atoms with Crippen LogP contribution in [0.4, 0.5) is 0 Å². The molecule has 0 saturated carbocycles. The number of hydrogen-bond donors (Lipinski definition) is 1. The molecule has 0 aromatic carbocycles. The van der Waals surface area contributed by atoms with Crippen LogP contribution in [0.25, 0.3) is 11.5 Å². The van der Waals surface area contributed by atoms with Gasteiger partial charge in [0.2, 0.25) is 0 Å². The molecule has 0 fully saturated rings. The third-order valence-electron chi connectivity index (χ3n) is 3.27. The molecule has 3 rings (SSSR count). The normalized spacial score (nSPS) is 13.6. The lowest BCUT2D eigenvalue weighted by molar-refractivity contribution is 0.0592. The minimum absolute atomic E-state index is 0.337. The van der Waals surface area contributed by atoms with Crippen molar-refractivity contribution in [1.29, 1.82) is 0 Å². The predicted molar refractivity (Wildman–Crippen MR) is 79.7 cm³/mol. The molecule has 2 aromatic rings. The SMILES string of the molecule is COC(=O)c1nc(-c2ccc(Br)cn2)nc2c1CCNC2. The van der Waals surface area contributed by atoms with Crippen molar-refractivity contribution in [2.45, 2.75) is 13.0 Å². The molecule has 1 N–H and O–H groups in total. The van der Waals surface area contributed by atoms with Crippen molar-refractivity contribution in [1.82, 2.24) is 20.3 Å². The highest BCUT2D eigenvalue weighted by Crippen LogP contribution is 2.22. The predicted octanol–water partition coefficient (Wildman–Crippen LogP) is 1.73. The Bertz CT molecular complexity index is 688. The quantitative estimate of drug-likeness (QED) is 0.833. The fraction of sp³-hybridized carbons (Fsp3) is 0.286. The first-order chi connectivity index (χ1) is 10.2. The number of fused-ring (bicyclic) bond motifs is 1. The second kappa shape index (κ2) is 5.87. The van der Waals surface area contributed by atoms with Crippen LogP contribution in [0, 0.1) is 0 Å². The van der Waals surface area contributed by atoms with Crippen molar-refractivity contribution >= 4 is 21.9 Å². The van der Waals surface area contributed by atoms with Gasteiger partial charge in [-0.2, -0.15) is 0 Å². The molecule has 1 aliphatic rings. The van der Waals surface area contributed by atoms with E-state index in [0.717, 1.165) is 22.3 Å². The lowest BCUT2D eigenvalue weighted by Crippen LogP contribution is -2.28. The van der Waals surface area contributed by atoms with Gasteiger partial charge in [0.05, 0.1) is 12.8 Å². The van der Waals surface area contributed by atoms with Gasteiger partial charge in [-0.3, -0.25) is 4.98 Å². The summed E-state index contributed by atoms with van der Waals surface area (Å²) in [6.45, 7) is 1.42. The van der Waals surface area contributed by atoms with Crippen LogP contribution in [0.1, 0.15) is 21.7 Å². The minimum Gasteiger partial charge on any atom is -0.464 e. The fourth-order valence-electron chi connectivity index (χ4n) is 2.25. The molecule has 21 heavy (non-hydrogen) atoms. The number of nitrogens with zero attached hydrogens (tertiary/aromatic N) is 3. The van der Waals surface area contributed by atoms with Gasteiger partial charge < -0.3 is 10.1 Å². The monoisotopic (exact) mass is 348 g/mol. The number of pyridine rings is 1. The summed E-state index contributed by atoms with van der Waals surface area (Å²) >= 11 is 3.34. The number of carbonyl (C=O) groups excluding carboxylic acids is 1. The third-order valence-corrected chi connectivity index (χ3v) is 3.74. The van der Waals surface area contributed by atoms with Crippen molar-refractivity contribution in [2.75, 3.05) is 13.7 Å². The number of rotatable bonds is 2. The number of nitrogens with one attached hydrogen (secondary N) is 1. The molecule has 7 heteroatoms. The van der Waals surface area contributed by atoms with Gasteiger partial charge in [-0.15, -0.1) is 0 Å². The third kappa shape index (κ3) is 2.79. The first-order valence-corrected chi connectivity index (χ1v) is 7.29. The zero-order valence-electron chi connectivity index (χ0n) is 11.4. The number of ether oxygens (including phenoxy) is 1. The van der Waals surface area contributed by atoms with E-state index in [1.54, 1.807) is 6.20 Å². The van der Waals surface area contributed by atoms with Gasteiger partial charge in [-0.1, -0.05) is 0 Å². The van der Waals surface area contributed by atoms with Gasteiger partial charge in [0.25, 0.3) is 0 Å². The lowest BCUT2D eigenvalue weighted by atomic mass is 10.0. The van der Waals surface area contributed by atoms with Gasteiger partial charge in [0, 0.05) is 22.8 Å². The van der Waals surface area contributed by atoms with Crippen molar-refractivity contribution in [3.63, 3.8) is 0 Å². The smallest absolute Gasteiger partial charge is 0.357 e. The number of esters is 1. The zero-order valence-corrected chi connectivity index (χ0v) is 13.0. The van der Waals surface area contributed by atoms with Crippen molar-refractivity contribution in [3.8, 4) is 11.5 Å². The summed E-state index contributed by atoms with van der Waals surface area (Å²) in [5.41, 5.74) is 2.65. The molecular weight excluding hydrogens is 336 g/mol. The number of aromatic nitrogens is 3. The number of halogens is 1. The van der Waals surface area contributed by atoms with E-state index in [9.17, 15) is 4.79 Å². The lowest BCUT2D eigenvalue weighted by Gasteiger charge is -2.18. The highest BCUT2D eigenvalue weighted by Gasteiger charge is 2.23. The summed E-state index contributed by atoms with van der Waals surface area (Å²) in [7, 11) is 1.36. The molecule has 3 heterocycles. The molecular formula is C14H13BrN4O2. The summed E-state index contributed by atoms with van der Waals surface area (Å²) in [6, 6.07) is 3.67. The first-order valence-electron chi connectivity index (χ1n) is 6.50. The molecule has 1 aliphatic heterocycles. The van der Waals surface area contributed by atoms with Crippen LogP contribution in [0.2, 0.25) is 0 Å². The Balaban J connectivity index is 2.13. The van der Waals surface area contributed by atoms with E-state index in [1.807, 2.05) is 12.1 Å². The Hall–Kier alpha value is -1.86. The fourth-order valence-corrected chi connectivity index (χ4v) is 2.48. The van der Waals surface area contributed by atoms with Crippen molar-refractivity contribution in [2.24, 2.45) is 0 Å². The van der Waals surface area contributed by atoms with Crippen LogP contribution in [-0.4, -0.2) is 34.6 Å². The van der Waals surface area contributed by atoms with E-state index in [1.165, 1.54) is 7.11 Å². The van der Waals surface area contributed by atoms with Crippen molar-refractivity contribution < 1.29 is 9.53 Å². The molecule has 6 nitrogen and oxygen atoms in total. The molecule has 0 unspecified atom stereocenters. The van der Waals surface area contributed by atoms with E-state index in [4.69, 9.17) is 4.74 Å². The second-order valence-electron chi connectivity index (χ2n) is 4.60. The Morgan fingerprint density at radius 3 is 2.95 bits per heavy atom. The van der Waals surface area contributed by atoms with Gasteiger partial charge in [-0.25, -0.2) is 14.8 Å². The molecule has 2 aromatic heterocycles. The summed E-state index contributed by atoms with van der Waals surface area (Å²) in [5.74, 6) is -0.000684. The van der Waals surface area contributed by atoms with E-state index < -0.39 is 5.97 Å². The van der Waals surface area contributed by atoms with Crippen LogP contribution in [0.5, 0.6) is 0 Å². The summed E-state index contributed by atoms with van der Waals surface area (Å²) < 4.78 is 5.71. The number of carbonyl (C=O) groups is 1. The standard InChI is InChI=1S/C14H13BrN4O2/c1-21-14(20)12-9-4-5-16-7-11(9)18-13(19-12)10-3-2-8(15)6-17-10/h2-3,6,16H,4-5,7H2,1H3. The maximum Gasteiger partial charge on any atom is 0.357 e. The number of hydrogen-bond acceptors (Lipinski definition) is 6.